The van der Waals surface area contributed by atoms with Gasteiger partial charge in [0.15, 0.2) is 0 Å². The number of para-hydroxylation sites is 1. The first-order valence-corrected chi connectivity index (χ1v) is 25.9. The van der Waals surface area contributed by atoms with E-state index in [2.05, 4.69) is 26.3 Å². The van der Waals surface area contributed by atoms with Gasteiger partial charge in [-0.05, 0) is 104 Å². The van der Waals surface area contributed by atoms with Crippen LogP contribution in [-0.2, 0) is 52.8 Å². The number of thiazole rings is 1. The number of β-amino-alcohol motifs (C(OH)–C–C–N with tert-alkyl or cyclic N) is 1. The molecule has 3 aromatic carbocycles. The fraction of sp³-hybridized carbons (Fsp3) is 0.481. The maximum Gasteiger partial charge on any atom is 0.246 e. The monoisotopic (exact) mass is 1000 g/mol. The predicted molar refractivity (Wildman–Crippen MR) is 276 cm³/mol. The van der Waals surface area contributed by atoms with Crippen molar-refractivity contribution in [3.05, 3.63) is 99.7 Å². The highest BCUT2D eigenvalue weighted by molar-refractivity contribution is 7.13. The third-order valence-electron chi connectivity index (χ3n) is 14.2. The van der Waals surface area contributed by atoms with Crippen LogP contribution in [0.25, 0.3) is 10.4 Å². The largest absolute Gasteiger partial charge is 0.391 e. The molecule has 3 aliphatic heterocycles. The maximum atomic E-state index is 14.2. The number of nitrogens with two attached hydrogens (primary N) is 2. The number of anilines is 2. The molecule has 1 fully saturated rings. The third kappa shape index (κ3) is 12.4. The first-order chi connectivity index (χ1) is 34.2. The van der Waals surface area contributed by atoms with Gasteiger partial charge in [-0.25, -0.2) is 4.98 Å². The maximum absolute atomic E-state index is 14.2. The Morgan fingerprint density at radius 3 is 2.29 bits per heavy atom. The van der Waals surface area contributed by atoms with E-state index < -0.39 is 65.4 Å². The topological polar surface area (TPSA) is 259 Å². The highest BCUT2D eigenvalue weighted by Gasteiger charge is 2.46. The van der Waals surface area contributed by atoms with Crippen LogP contribution < -0.4 is 37.6 Å². The molecule has 1 saturated heterocycles. The minimum absolute atomic E-state index is 0.0257. The summed E-state index contributed by atoms with van der Waals surface area (Å²) in [5, 5.41) is 22.4. The van der Waals surface area contributed by atoms with Gasteiger partial charge in [0, 0.05) is 37.9 Å². The second kappa shape index (κ2) is 22.9. The number of rotatable bonds is 19. The van der Waals surface area contributed by atoms with Crippen molar-refractivity contribution in [2.45, 2.75) is 155 Å². The smallest absolute Gasteiger partial charge is 0.246 e. The Morgan fingerprint density at radius 2 is 1.60 bits per heavy atom. The number of carbonyl (C=O) groups is 7. The second-order valence-corrected chi connectivity index (χ2v) is 21.4. The summed E-state index contributed by atoms with van der Waals surface area (Å²) in [6.45, 7) is 11.3. The molecule has 3 aliphatic rings. The van der Waals surface area contributed by atoms with E-state index in [0.29, 0.717) is 43.5 Å². The van der Waals surface area contributed by atoms with Crippen molar-refractivity contribution < 1.29 is 38.7 Å². The van der Waals surface area contributed by atoms with Crippen molar-refractivity contribution in [1.82, 2.24) is 25.8 Å². The molecule has 0 bridgehead atoms. The lowest BCUT2D eigenvalue weighted by molar-refractivity contribution is -0.144. The van der Waals surface area contributed by atoms with Gasteiger partial charge in [0.25, 0.3) is 0 Å². The van der Waals surface area contributed by atoms with Crippen LogP contribution in [0.2, 0.25) is 0 Å². The van der Waals surface area contributed by atoms with E-state index in [1.807, 2.05) is 102 Å². The lowest BCUT2D eigenvalue weighted by Crippen LogP contribution is -2.57. The summed E-state index contributed by atoms with van der Waals surface area (Å²) in [6.07, 6.45) is 3.10. The van der Waals surface area contributed by atoms with Gasteiger partial charge >= 0.3 is 0 Å². The predicted octanol–water partition coefficient (Wildman–Crippen LogP) is 4.82. The normalized spacial score (nSPS) is 19.7. The zero-order valence-corrected chi connectivity index (χ0v) is 42.9. The van der Waals surface area contributed by atoms with Crippen LogP contribution in [0.1, 0.15) is 119 Å². The van der Waals surface area contributed by atoms with Gasteiger partial charge < -0.3 is 42.7 Å². The summed E-state index contributed by atoms with van der Waals surface area (Å²) in [7, 11) is 0. The Bertz CT molecular complexity index is 2680. The summed E-state index contributed by atoms with van der Waals surface area (Å²) in [5.74, 6) is -3.14. The van der Waals surface area contributed by atoms with Gasteiger partial charge in [-0.1, -0.05) is 81.8 Å². The summed E-state index contributed by atoms with van der Waals surface area (Å²) >= 11 is 1.57. The van der Waals surface area contributed by atoms with Gasteiger partial charge in [-0.2, -0.15) is 0 Å². The second-order valence-electron chi connectivity index (χ2n) is 20.6. The van der Waals surface area contributed by atoms with Crippen LogP contribution in [-0.4, -0.2) is 99.2 Å². The van der Waals surface area contributed by atoms with E-state index in [9.17, 15) is 38.7 Å². The van der Waals surface area contributed by atoms with Crippen molar-refractivity contribution in [2.75, 3.05) is 16.8 Å². The molecule has 0 saturated carbocycles. The van der Waals surface area contributed by atoms with E-state index in [-0.39, 0.29) is 62.4 Å². The first-order valence-electron chi connectivity index (χ1n) is 25.0. The van der Waals surface area contributed by atoms with Gasteiger partial charge in [0.2, 0.25) is 41.4 Å². The third-order valence-corrected chi connectivity index (χ3v) is 15.2. The number of aliphatic hydroxyl groups excluding tert-OH is 1. The number of hydrogen-bond donors (Lipinski definition) is 7. The number of likely N-dealkylation sites (tertiary alicyclic amines) is 1. The number of hydrogen-bond acceptors (Lipinski definition) is 11. The van der Waals surface area contributed by atoms with Crippen molar-refractivity contribution in [2.24, 2.45) is 16.9 Å². The Hall–Kier alpha value is -6.50. The number of nitrogens with one attached hydrogen (secondary N) is 4. The van der Waals surface area contributed by atoms with Crippen molar-refractivity contribution in [1.29, 1.82) is 0 Å². The average molecular weight is 1000 g/mol. The van der Waals surface area contributed by atoms with Crippen LogP contribution in [0.4, 0.5) is 11.4 Å². The molecule has 7 atom stereocenters. The van der Waals surface area contributed by atoms with E-state index in [4.69, 9.17) is 11.5 Å². The molecule has 7 rings (SSSR count). The molecule has 0 spiro atoms. The first kappa shape index (κ1) is 53.3. The zero-order valence-electron chi connectivity index (χ0n) is 42.1. The van der Waals surface area contributed by atoms with Crippen LogP contribution >= 0.6 is 11.3 Å². The Morgan fingerprint density at radius 1 is 0.889 bits per heavy atom. The zero-order chi connectivity index (χ0) is 52.0. The minimum atomic E-state index is -1.13. The lowest BCUT2D eigenvalue weighted by Gasteiger charge is -2.35. The van der Waals surface area contributed by atoms with Crippen LogP contribution in [0, 0.1) is 19.3 Å². The molecule has 9 N–H and O–H groups in total. The number of aliphatic hydroxyl groups is 1. The molecule has 0 aliphatic carbocycles. The summed E-state index contributed by atoms with van der Waals surface area (Å²) in [5.41, 5.74) is 20.5. The molecular formula is C54H69N9O8S. The van der Waals surface area contributed by atoms with Gasteiger partial charge in [0.1, 0.15) is 24.2 Å². The number of benzene rings is 3. The highest BCUT2D eigenvalue weighted by Crippen LogP contribution is 2.39. The quantitative estimate of drug-likeness (QED) is 0.0631. The number of primary amides is 1. The van der Waals surface area contributed by atoms with Crippen LogP contribution in [0.5, 0.6) is 0 Å². The van der Waals surface area contributed by atoms with Crippen LogP contribution in [0.15, 0.2) is 66.2 Å². The fourth-order valence-electron chi connectivity index (χ4n) is 10.0. The average Bonchev–Trinajstić information content (AvgIpc) is 4.05. The fourth-order valence-corrected chi connectivity index (χ4v) is 10.8. The van der Waals surface area contributed by atoms with E-state index in [0.717, 1.165) is 50.4 Å². The Labute approximate surface area is 425 Å². The number of carbonyl (C=O) groups excluding carboxylic acids is 7. The number of aryl methyl sites for hydroxylation is 3. The van der Waals surface area contributed by atoms with Gasteiger partial charge in [-0.15, -0.1) is 11.3 Å². The molecule has 4 aromatic rings. The molecular weight excluding hydrogens is 935 g/mol. The molecule has 1 aromatic heterocycles. The number of aromatic nitrogens is 1. The van der Waals surface area contributed by atoms with E-state index in [1.54, 1.807) is 17.4 Å². The molecule has 0 unspecified atom stereocenters. The van der Waals surface area contributed by atoms with Gasteiger partial charge in [0.05, 0.1) is 40.0 Å². The van der Waals surface area contributed by atoms with Crippen molar-refractivity contribution in [3.8, 4) is 10.4 Å². The van der Waals surface area contributed by atoms with Crippen molar-refractivity contribution in [3.63, 3.8) is 0 Å². The standard InChI is InChI=1S/C54H69N9O8S/c1-30-33(13-11-16-40(30)59-49(67)41(24-25-44(56)65)60-51(69)43-26-37-15-10-14-35-22-23-39(55)52(70)63(43)46(35)37)12-8-7-9-17-45(66)61-48(54(4,5)6)53(71)62-28-38(64)27-42(62)50(68)58-31(2)34-18-20-36(21-19-34)47-32(3)57-29-72-47/h10-11,13-16,18-21,29,31,38-39,41-43,48,64H,7-9,12,17,22-28,55H2,1-6H3,(H2,56,65)(H,58,68)(H,59,67)(H,60,69)(H,61,66)/t31-,38+,39-,41-,42-,43-,48+/m0/s1. The van der Waals surface area contributed by atoms with Gasteiger partial charge in [-0.3, -0.25) is 38.5 Å². The van der Waals surface area contributed by atoms with E-state index >= 15 is 0 Å². The minimum Gasteiger partial charge on any atom is -0.391 e. The summed E-state index contributed by atoms with van der Waals surface area (Å²) in [4.78, 5) is 103. The Kier molecular flexibility index (Phi) is 17.0. The SMILES string of the molecule is Cc1ncsc1-c1ccc([C@H](C)NC(=O)[C@@H]2C[C@@H](O)CN2C(=O)[C@@H](NC(=O)CCCCCc2cccc(NC(=O)[C@H](CCC(N)=O)NC(=O)[C@@H]3Cc4cccc5c4N3C(=O)[C@@H](N)CC5)c2C)C(C)(C)C)cc1. The highest BCUT2D eigenvalue weighted by atomic mass is 32.1. The lowest BCUT2D eigenvalue weighted by atomic mass is 9.85. The number of nitrogens with zero attached hydrogens (tertiary/aromatic N) is 3. The number of amides is 7. The molecule has 72 heavy (non-hydrogen) atoms. The summed E-state index contributed by atoms with van der Waals surface area (Å²) in [6, 6.07) is 14.1. The molecule has 384 valence electrons. The van der Waals surface area contributed by atoms with Crippen molar-refractivity contribution >= 4 is 64.1 Å². The molecule has 7 amide bonds. The van der Waals surface area contributed by atoms with Crippen LogP contribution in [0.3, 0.4) is 0 Å². The Balaban J connectivity index is 0.902. The molecule has 17 nitrogen and oxygen atoms in total. The molecule has 4 heterocycles. The molecule has 0 radical (unpaired) electrons. The molecule has 18 heteroatoms. The van der Waals surface area contributed by atoms with E-state index in [1.165, 1.54) is 9.80 Å². The number of unbranched alkanes of at least 4 members (excludes halogenated alkanes) is 2. The summed E-state index contributed by atoms with van der Waals surface area (Å²) < 4.78 is 0.